The standard InChI is InChI=1S/C7H14F2N2O2/c1-4(2-10)7(13)11-3-5(12)6(8)9/h4-6,12H,2-3,10H2,1H3,(H,11,13). The third kappa shape index (κ3) is 4.74. The number of carbonyl (C=O) groups is 1. The minimum absolute atomic E-state index is 0.149. The number of carbonyl (C=O) groups excluding carboxylic acids is 1. The maximum atomic E-state index is 11.7. The Bertz CT molecular complexity index is 167. The zero-order chi connectivity index (χ0) is 10.4. The van der Waals surface area contributed by atoms with Gasteiger partial charge in [0.2, 0.25) is 5.91 Å². The van der Waals surface area contributed by atoms with Crippen LogP contribution in [0.2, 0.25) is 0 Å². The lowest BCUT2D eigenvalue weighted by atomic mass is 10.1. The molecule has 0 aliphatic heterocycles. The number of nitrogens with one attached hydrogen (secondary N) is 1. The Balaban J connectivity index is 3.70. The normalized spacial score (nSPS) is 15.5. The van der Waals surface area contributed by atoms with Gasteiger partial charge in [-0.1, -0.05) is 6.92 Å². The molecule has 0 rings (SSSR count). The van der Waals surface area contributed by atoms with Crippen LogP contribution in [0, 0.1) is 5.92 Å². The smallest absolute Gasteiger partial charge is 0.265 e. The first-order chi connectivity index (χ1) is 5.99. The van der Waals surface area contributed by atoms with Crippen molar-refractivity contribution in [2.75, 3.05) is 13.1 Å². The molecule has 1 amide bonds. The molecule has 6 heteroatoms. The van der Waals surface area contributed by atoms with Gasteiger partial charge in [0.05, 0.1) is 0 Å². The topological polar surface area (TPSA) is 75.4 Å². The largest absolute Gasteiger partial charge is 0.385 e. The van der Waals surface area contributed by atoms with Crippen LogP contribution in [0.1, 0.15) is 6.92 Å². The number of hydrogen-bond acceptors (Lipinski definition) is 3. The van der Waals surface area contributed by atoms with Gasteiger partial charge >= 0.3 is 0 Å². The molecule has 0 heterocycles. The second-order valence-electron chi connectivity index (χ2n) is 2.78. The summed E-state index contributed by atoms with van der Waals surface area (Å²) in [6.45, 7) is 1.28. The first-order valence-corrected chi connectivity index (χ1v) is 3.93. The zero-order valence-corrected chi connectivity index (χ0v) is 7.34. The molecule has 0 aromatic carbocycles. The summed E-state index contributed by atoms with van der Waals surface area (Å²) in [5.41, 5.74) is 5.17. The van der Waals surface area contributed by atoms with Gasteiger partial charge < -0.3 is 16.2 Å². The van der Waals surface area contributed by atoms with Crippen LogP contribution >= 0.6 is 0 Å². The van der Waals surface area contributed by atoms with Crippen molar-refractivity contribution in [3.8, 4) is 0 Å². The van der Waals surface area contributed by atoms with E-state index in [-0.39, 0.29) is 6.54 Å². The highest BCUT2D eigenvalue weighted by molar-refractivity contribution is 5.78. The van der Waals surface area contributed by atoms with E-state index < -0.39 is 30.9 Å². The van der Waals surface area contributed by atoms with Crippen molar-refractivity contribution >= 4 is 5.91 Å². The number of rotatable bonds is 5. The lowest BCUT2D eigenvalue weighted by molar-refractivity contribution is -0.125. The van der Waals surface area contributed by atoms with Crippen LogP contribution in [-0.4, -0.2) is 36.6 Å². The van der Waals surface area contributed by atoms with Crippen molar-refractivity contribution in [3.63, 3.8) is 0 Å². The van der Waals surface area contributed by atoms with Gasteiger partial charge in [-0.2, -0.15) is 0 Å². The maximum absolute atomic E-state index is 11.7. The van der Waals surface area contributed by atoms with Crippen LogP contribution in [0.4, 0.5) is 8.78 Å². The zero-order valence-electron chi connectivity index (χ0n) is 7.34. The molecule has 0 saturated heterocycles. The third-order valence-electron chi connectivity index (χ3n) is 1.58. The Hall–Kier alpha value is -0.750. The van der Waals surface area contributed by atoms with Crippen LogP contribution in [0.15, 0.2) is 0 Å². The van der Waals surface area contributed by atoms with Gasteiger partial charge in [0.25, 0.3) is 6.43 Å². The second kappa shape index (κ2) is 5.82. The Morgan fingerprint density at radius 2 is 2.15 bits per heavy atom. The van der Waals surface area contributed by atoms with Gasteiger partial charge in [-0.15, -0.1) is 0 Å². The Kier molecular flexibility index (Phi) is 5.48. The van der Waals surface area contributed by atoms with Crippen LogP contribution in [-0.2, 0) is 4.79 Å². The summed E-state index contributed by atoms with van der Waals surface area (Å²) >= 11 is 0. The molecule has 4 N–H and O–H groups in total. The van der Waals surface area contributed by atoms with Crippen LogP contribution < -0.4 is 11.1 Å². The fourth-order valence-electron chi connectivity index (χ4n) is 0.576. The SMILES string of the molecule is CC(CN)C(=O)NCC(O)C(F)F. The number of aliphatic hydroxyl groups excluding tert-OH is 1. The van der Waals surface area contributed by atoms with Gasteiger partial charge in [-0.25, -0.2) is 8.78 Å². The molecule has 0 aliphatic carbocycles. The van der Waals surface area contributed by atoms with Crippen molar-refractivity contribution in [3.05, 3.63) is 0 Å². The van der Waals surface area contributed by atoms with E-state index in [4.69, 9.17) is 10.8 Å². The molecule has 0 spiro atoms. The van der Waals surface area contributed by atoms with Crippen LogP contribution in [0.25, 0.3) is 0 Å². The lowest BCUT2D eigenvalue weighted by Crippen LogP contribution is -2.40. The minimum atomic E-state index is -2.84. The Morgan fingerprint density at radius 3 is 2.54 bits per heavy atom. The number of amides is 1. The molecule has 0 bridgehead atoms. The van der Waals surface area contributed by atoms with Crippen molar-refractivity contribution in [2.45, 2.75) is 19.5 Å². The van der Waals surface area contributed by atoms with E-state index in [9.17, 15) is 13.6 Å². The average molecular weight is 196 g/mol. The molecule has 2 atom stereocenters. The molecular weight excluding hydrogens is 182 g/mol. The molecule has 0 aromatic rings. The van der Waals surface area contributed by atoms with E-state index in [1.54, 1.807) is 6.92 Å². The lowest BCUT2D eigenvalue weighted by Gasteiger charge is -2.13. The van der Waals surface area contributed by atoms with Crippen molar-refractivity contribution in [1.82, 2.24) is 5.32 Å². The maximum Gasteiger partial charge on any atom is 0.265 e. The van der Waals surface area contributed by atoms with E-state index in [1.807, 2.05) is 0 Å². The summed E-state index contributed by atoms with van der Waals surface area (Å²) in [6.07, 6.45) is -4.65. The second-order valence-corrected chi connectivity index (χ2v) is 2.78. The van der Waals surface area contributed by atoms with E-state index in [1.165, 1.54) is 0 Å². The third-order valence-corrected chi connectivity index (χ3v) is 1.58. The highest BCUT2D eigenvalue weighted by Gasteiger charge is 2.18. The number of aliphatic hydroxyl groups is 1. The van der Waals surface area contributed by atoms with E-state index >= 15 is 0 Å². The molecule has 0 aromatic heterocycles. The van der Waals surface area contributed by atoms with Gasteiger partial charge in [0.1, 0.15) is 6.10 Å². The number of nitrogens with two attached hydrogens (primary N) is 1. The molecule has 13 heavy (non-hydrogen) atoms. The fourth-order valence-corrected chi connectivity index (χ4v) is 0.576. The highest BCUT2D eigenvalue weighted by atomic mass is 19.3. The monoisotopic (exact) mass is 196 g/mol. The predicted octanol–water partition coefficient (Wildman–Crippen LogP) is -0.677. The van der Waals surface area contributed by atoms with Gasteiger partial charge in [-0.05, 0) is 0 Å². The predicted molar refractivity (Wildman–Crippen MR) is 43.2 cm³/mol. The van der Waals surface area contributed by atoms with E-state index in [0.717, 1.165) is 0 Å². The summed E-state index contributed by atoms with van der Waals surface area (Å²) < 4.78 is 23.5. The molecule has 0 saturated carbocycles. The number of alkyl halides is 2. The summed E-state index contributed by atoms with van der Waals surface area (Å²) in [5.74, 6) is -0.855. The summed E-state index contributed by atoms with van der Waals surface area (Å²) in [4.78, 5) is 11.0. The van der Waals surface area contributed by atoms with Gasteiger partial charge in [-0.3, -0.25) is 4.79 Å². The first-order valence-electron chi connectivity index (χ1n) is 3.93. The molecule has 0 fully saturated rings. The molecular formula is C7H14F2N2O2. The fraction of sp³-hybridized carbons (Fsp3) is 0.857. The van der Waals surface area contributed by atoms with Gasteiger partial charge in [0, 0.05) is 19.0 Å². The minimum Gasteiger partial charge on any atom is -0.385 e. The quantitative estimate of drug-likeness (QED) is 0.545. The summed E-state index contributed by atoms with van der Waals surface area (Å²) in [5, 5.41) is 10.8. The van der Waals surface area contributed by atoms with E-state index in [0.29, 0.717) is 0 Å². The van der Waals surface area contributed by atoms with Crippen LogP contribution in [0.3, 0.4) is 0 Å². The van der Waals surface area contributed by atoms with Crippen LogP contribution in [0.5, 0.6) is 0 Å². The first kappa shape index (κ1) is 12.2. The van der Waals surface area contributed by atoms with Crippen molar-refractivity contribution in [2.24, 2.45) is 11.7 Å². The molecule has 0 radical (unpaired) electrons. The van der Waals surface area contributed by atoms with Crippen molar-refractivity contribution in [1.29, 1.82) is 0 Å². The Labute approximate surface area is 75.1 Å². The summed E-state index contributed by atoms with van der Waals surface area (Å²) in [6, 6.07) is 0. The molecule has 2 unspecified atom stereocenters. The number of hydrogen-bond donors (Lipinski definition) is 3. The Morgan fingerprint density at radius 1 is 1.62 bits per heavy atom. The highest BCUT2D eigenvalue weighted by Crippen LogP contribution is 1.99. The van der Waals surface area contributed by atoms with Gasteiger partial charge in [0.15, 0.2) is 0 Å². The van der Waals surface area contributed by atoms with Crippen molar-refractivity contribution < 1.29 is 18.7 Å². The molecule has 0 aliphatic rings. The summed E-state index contributed by atoms with van der Waals surface area (Å²) in [7, 11) is 0. The number of halogens is 2. The molecule has 4 nitrogen and oxygen atoms in total. The van der Waals surface area contributed by atoms with E-state index in [2.05, 4.69) is 5.32 Å². The average Bonchev–Trinajstić information content (AvgIpc) is 2.11. The molecule has 78 valence electrons.